The molecule has 0 radical (unpaired) electrons. The van der Waals surface area contributed by atoms with Crippen molar-refractivity contribution in [3.8, 4) is 0 Å². The lowest BCUT2D eigenvalue weighted by atomic mass is 9.98. The van der Waals surface area contributed by atoms with Crippen molar-refractivity contribution >= 4 is 28.7 Å². The molecule has 0 aromatic heterocycles. The van der Waals surface area contributed by atoms with E-state index in [1.807, 2.05) is 20.8 Å². The maximum atomic E-state index is 11.9. The second-order valence-electron chi connectivity index (χ2n) is 5.36. The average molecular weight is 340 g/mol. The van der Waals surface area contributed by atoms with Crippen LogP contribution in [0.1, 0.15) is 33.6 Å². The lowest BCUT2D eigenvalue weighted by molar-refractivity contribution is 0.0195. The Bertz CT molecular complexity index is 265. The molecule has 1 atom stereocenters. The second kappa shape index (κ2) is 5.08. The molecule has 1 amide bonds. The third-order valence-electron chi connectivity index (χ3n) is 2.54. The number of halogens is 1. The van der Waals surface area contributed by atoms with Gasteiger partial charge in [-0.05, 0) is 33.6 Å². The highest BCUT2D eigenvalue weighted by atomic mass is 127. The first kappa shape index (κ1) is 14.0. The van der Waals surface area contributed by atoms with Gasteiger partial charge >= 0.3 is 6.09 Å². The van der Waals surface area contributed by atoms with Crippen molar-refractivity contribution in [2.24, 2.45) is 5.73 Å². The number of hydrogen-bond donors (Lipinski definition) is 1. The number of amides is 1. The molecule has 0 spiro atoms. The van der Waals surface area contributed by atoms with Gasteiger partial charge in [-0.25, -0.2) is 4.79 Å². The number of ether oxygens (including phenoxy) is 1. The first-order valence-corrected chi connectivity index (χ1v) is 6.71. The number of nitrogens with zero attached hydrogens (tertiary/aromatic N) is 1. The topological polar surface area (TPSA) is 55.6 Å². The van der Waals surface area contributed by atoms with E-state index in [1.165, 1.54) is 0 Å². The average Bonchev–Trinajstić information content (AvgIpc) is 2.15. The van der Waals surface area contributed by atoms with Gasteiger partial charge in [-0.1, -0.05) is 22.6 Å². The zero-order valence-corrected chi connectivity index (χ0v) is 12.4. The number of hydrogen-bond acceptors (Lipinski definition) is 3. The van der Waals surface area contributed by atoms with Crippen molar-refractivity contribution in [3.05, 3.63) is 0 Å². The Hall–Kier alpha value is -0.0400. The second-order valence-corrected chi connectivity index (χ2v) is 7.65. The van der Waals surface area contributed by atoms with Crippen LogP contribution in [-0.2, 0) is 4.74 Å². The van der Waals surface area contributed by atoms with Crippen LogP contribution >= 0.6 is 22.6 Å². The van der Waals surface area contributed by atoms with E-state index in [4.69, 9.17) is 10.5 Å². The van der Waals surface area contributed by atoms with Crippen molar-refractivity contribution in [3.63, 3.8) is 0 Å². The molecule has 16 heavy (non-hydrogen) atoms. The lowest BCUT2D eigenvalue weighted by Gasteiger charge is -2.38. The summed E-state index contributed by atoms with van der Waals surface area (Å²) >= 11 is 2.37. The molecule has 1 heterocycles. The zero-order chi connectivity index (χ0) is 12.4. The number of rotatable bonds is 1. The summed E-state index contributed by atoms with van der Waals surface area (Å²) in [7, 11) is 0. The molecular formula is C11H21IN2O2. The minimum atomic E-state index is -0.425. The van der Waals surface area contributed by atoms with Gasteiger partial charge in [0.2, 0.25) is 0 Å². The van der Waals surface area contributed by atoms with Crippen molar-refractivity contribution < 1.29 is 9.53 Å². The fourth-order valence-corrected chi connectivity index (χ4v) is 2.53. The van der Waals surface area contributed by atoms with E-state index in [9.17, 15) is 4.79 Å². The molecule has 1 aliphatic rings. The van der Waals surface area contributed by atoms with Crippen LogP contribution in [0.2, 0.25) is 0 Å². The molecule has 0 bridgehead atoms. The fourth-order valence-electron chi connectivity index (χ4n) is 1.74. The van der Waals surface area contributed by atoms with Crippen molar-refractivity contribution in [1.29, 1.82) is 0 Å². The van der Waals surface area contributed by atoms with E-state index in [-0.39, 0.29) is 9.51 Å². The molecule has 94 valence electrons. The minimum absolute atomic E-state index is 0.0207. The Morgan fingerprint density at radius 2 is 2.19 bits per heavy atom. The fraction of sp³-hybridized carbons (Fsp3) is 0.909. The number of nitrogens with two attached hydrogens (primary N) is 1. The summed E-state index contributed by atoms with van der Waals surface area (Å²) in [5.74, 6) is 0. The monoisotopic (exact) mass is 340 g/mol. The van der Waals surface area contributed by atoms with Gasteiger partial charge in [-0.3, -0.25) is 0 Å². The number of alkyl halides is 1. The predicted octanol–water partition coefficient (Wildman–Crippen LogP) is 2.15. The van der Waals surface area contributed by atoms with E-state index in [0.29, 0.717) is 13.1 Å². The maximum absolute atomic E-state index is 11.9. The highest BCUT2D eigenvalue weighted by Crippen LogP contribution is 2.30. The Morgan fingerprint density at radius 1 is 1.56 bits per heavy atom. The molecule has 0 aromatic carbocycles. The normalized spacial score (nSPS) is 26.7. The molecule has 5 heteroatoms. The van der Waals surface area contributed by atoms with Gasteiger partial charge < -0.3 is 15.4 Å². The lowest BCUT2D eigenvalue weighted by Crippen LogP contribution is -2.51. The number of likely N-dealkylation sites (tertiary alicyclic amines) is 1. The summed E-state index contributed by atoms with van der Waals surface area (Å²) in [6.07, 6.45) is 1.85. The van der Waals surface area contributed by atoms with Crippen molar-refractivity contribution in [1.82, 2.24) is 4.90 Å². The first-order chi connectivity index (χ1) is 7.26. The molecule has 1 aliphatic heterocycles. The number of carbonyl (C=O) groups excluding carboxylic acids is 1. The van der Waals surface area contributed by atoms with Crippen LogP contribution in [-0.4, -0.2) is 39.7 Å². The van der Waals surface area contributed by atoms with Crippen LogP contribution in [0, 0.1) is 0 Å². The van der Waals surface area contributed by atoms with E-state index in [1.54, 1.807) is 4.90 Å². The molecule has 0 aliphatic carbocycles. The van der Waals surface area contributed by atoms with Gasteiger partial charge in [0, 0.05) is 19.6 Å². The van der Waals surface area contributed by atoms with Gasteiger partial charge in [0.1, 0.15) is 5.60 Å². The Balaban J connectivity index is 2.57. The molecule has 0 saturated carbocycles. The summed E-state index contributed by atoms with van der Waals surface area (Å²) in [6, 6.07) is 0. The van der Waals surface area contributed by atoms with Gasteiger partial charge in [0.05, 0.1) is 3.42 Å². The van der Waals surface area contributed by atoms with Crippen LogP contribution in [0.5, 0.6) is 0 Å². The predicted molar refractivity (Wildman–Crippen MR) is 72.8 cm³/mol. The summed E-state index contributed by atoms with van der Waals surface area (Å²) in [6.45, 7) is 7.73. The van der Waals surface area contributed by atoms with E-state index in [0.717, 1.165) is 19.4 Å². The largest absolute Gasteiger partial charge is 0.444 e. The van der Waals surface area contributed by atoms with E-state index < -0.39 is 5.60 Å². The molecule has 2 N–H and O–H groups in total. The molecule has 0 aromatic rings. The Morgan fingerprint density at radius 3 is 2.69 bits per heavy atom. The summed E-state index contributed by atoms with van der Waals surface area (Å²) < 4.78 is 5.38. The zero-order valence-electron chi connectivity index (χ0n) is 10.3. The highest BCUT2D eigenvalue weighted by molar-refractivity contribution is 14.1. The highest BCUT2D eigenvalue weighted by Gasteiger charge is 2.35. The summed E-state index contributed by atoms with van der Waals surface area (Å²) in [5.41, 5.74) is 5.32. The smallest absolute Gasteiger partial charge is 0.410 e. The Labute approximate surface area is 111 Å². The molecule has 1 saturated heterocycles. The number of piperidine rings is 1. The number of carbonyl (C=O) groups is 1. The van der Waals surface area contributed by atoms with Crippen LogP contribution in [0.15, 0.2) is 0 Å². The van der Waals surface area contributed by atoms with Gasteiger partial charge in [-0.15, -0.1) is 0 Å². The van der Waals surface area contributed by atoms with Gasteiger partial charge in [0.25, 0.3) is 0 Å². The van der Waals surface area contributed by atoms with Gasteiger partial charge in [-0.2, -0.15) is 0 Å². The summed E-state index contributed by atoms with van der Waals surface area (Å²) in [4.78, 5) is 13.6. The van der Waals surface area contributed by atoms with Crippen molar-refractivity contribution in [2.45, 2.75) is 42.6 Å². The van der Waals surface area contributed by atoms with Crippen LogP contribution < -0.4 is 5.73 Å². The minimum Gasteiger partial charge on any atom is -0.444 e. The molecule has 4 nitrogen and oxygen atoms in total. The quantitative estimate of drug-likeness (QED) is 0.588. The Kier molecular flexibility index (Phi) is 4.45. The molecule has 1 fully saturated rings. The van der Waals surface area contributed by atoms with Crippen LogP contribution in [0.3, 0.4) is 0 Å². The standard InChI is InChI=1S/C11H21IN2O2/c1-10(2,3)16-9(15)14-6-4-5-11(12,7-13)8-14/h4-8,13H2,1-3H3. The SMILES string of the molecule is CC(C)(C)OC(=O)N1CCCC(I)(CN)C1. The van der Waals surface area contributed by atoms with E-state index in [2.05, 4.69) is 22.6 Å². The van der Waals surface area contributed by atoms with Gasteiger partial charge in [0.15, 0.2) is 0 Å². The van der Waals surface area contributed by atoms with Crippen LogP contribution in [0.25, 0.3) is 0 Å². The third kappa shape index (κ3) is 4.08. The van der Waals surface area contributed by atoms with Crippen molar-refractivity contribution in [2.75, 3.05) is 19.6 Å². The molecular weight excluding hydrogens is 319 g/mol. The maximum Gasteiger partial charge on any atom is 0.410 e. The van der Waals surface area contributed by atoms with Crippen LogP contribution in [0.4, 0.5) is 4.79 Å². The molecule has 1 unspecified atom stereocenters. The molecule has 1 rings (SSSR count). The summed E-state index contributed by atoms with van der Waals surface area (Å²) in [5, 5.41) is 0. The van der Waals surface area contributed by atoms with E-state index >= 15 is 0 Å². The third-order valence-corrected chi connectivity index (χ3v) is 3.87. The first-order valence-electron chi connectivity index (χ1n) is 5.63.